The summed E-state index contributed by atoms with van der Waals surface area (Å²) in [6.07, 6.45) is 2.70. The van der Waals surface area contributed by atoms with E-state index in [1.807, 2.05) is 12.1 Å². The third-order valence-corrected chi connectivity index (χ3v) is 2.79. The molecule has 5 nitrogen and oxygen atoms in total. The zero-order valence-electron chi connectivity index (χ0n) is 11.2. The first-order chi connectivity index (χ1) is 9.08. The summed E-state index contributed by atoms with van der Waals surface area (Å²) < 4.78 is 5.18. The van der Waals surface area contributed by atoms with Crippen LogP contribution in [0.4, 0.5) is 0 Å². The fourth-order valence-electron chi connectivity index (χ4n) is 1.26. The van der Waals surface area contributed by atoms with Crippen LogP contribution in [0, 0.1) is 5.92 Å². The summed E-state index contributed by atoms with van der Waals surface area (Å²) >= 11 is 10.2. The minimum Gasteiger partial charge on any atom is -0.467 e. The van der Waals surface area contributed by atoms with Gasteiger partial charge < -0.3 is 15.1 Å². The topological polar surface area (TPSA) is 61.3 Å². The number of nitrogens with one attached hydrogen (secondary N) is 4. The van der Waals surface area contributed by atoms with E-state index in [0.717, 1.165) is 18.7 Å². The van der Waals surface area contributed by atoms with Gasteiger partial charge in [0.05, 0.1) is 12.8 Å². The molecule has 19 heavy (non-hydrogen) atoms. The van der Waals surface area contributed by atoms with Gasteiger partial charge in [-0.25, -0.2) is 0 Å². The molecule has 0 fully saturated rings. The maximum atomic E-state index is 5.18. The quantitative estimate of drug-likeness (QED) is 0.487. The smallest absolute Gasteiger partial charge is 0.185 e. The summed E-state index contributed by atoms with van der Waals surface area (Å²) in [5.74, 6) is 1.47. The molecule has 4 N–H and O–H groups in total. The Morgan fingerprint density at radius 2 is 1.89 bits per heavy atom. The van der Waals surface area contributed by atoms with Gasteiger partial charge in [0.2, 0.25) is 0 Å². The lowest BCUT2D eigenvalue weighted by molar-refractivity contribution is 0.502. The monoisotopic (exact) mass is 300 g/mol. The highest BCUT2D eigenvalue weighted by molar-refractivity contribution is 7.80. The SMILES string of the molecule is CC(C)CCNC(=S)NNC(=S)NCc1ccco1. The molecule has 0 aliphatic rings. The summed E-state index contributed by atoms with van der Waals surface area (Å²) in [6.45, 7) is 5.72. The summed E-state index contributed by atoms with van der Waals surface area (Å²) in [5, 5.41) is 7.08. The van der Waals surface area contributed by atoms with Crippen LogP contribution in [-0.2, 0) is 6.54 Å². The Morgan fingerprint density at radius 1 is 1.21 bits per heavy atom. The molecular formula is C12H20N4OS2. The van der Waals surface area contributed by atoms with Crippen molar-refractivity contribution in [2.24, 2.45) is 5.92 Å². The van der Waals surface area contributed by atoms with Crippen LogP contribution in [0.5, 0.6) is 0 Å². The molecule has 0 saturated heterocycles. The van der Waals surface area contributed by atoms with Crippen LogP contribution in [0.25, 0.3) is 0 Å². The fourth-order valence-corrected chi connectivity index (χ4v) is 1.53. The molecule has 0 amide bonds. The lowest BCUT2D eigenvalue weighted by Gasteiger charge is -2.14. The van der Waals surface area contributed by atoms with Crippen LogP contribution in [-0.4, -0.2) is 16.8 Å². The number of hydrogen-bond donors (Lipinski definition) is 4. The zero-order chi connectivity index (χ0) is 14.1. The van der Waals surface area contributed by atoms with E-state index in [4.69, 9.17) is 28.9 Å². The Hall–Kier alpha value is -1.34. The van der Waals surface area contributed by atoms with Gasteiger partial charge in [-0.15, -0.1) is 0 Å². The van der Waals surface area contributed by atoms with Gasteiger partial charge in [-0.3, -0.25) is 10.9 Å². The first-order valence-corrected chi connectivity index (χ1v) is 6.99. The standard InChI is InChI=1S/C12H20N4OS2/c1-9(2)5-6-13-11(18)15-16-12(19)14-8-10-4-3-7-17-10/h3-4,7,9H,5-6,8H2,1-2H3,(H2,13,15,18)(H2,14,16,19). The Balaban J connectivity index is 2.07. The Labute approximate surface area is 124 Å². The van der Waals surface area contributed by atoms with E-state index in [2.05, 4.69) is 35.3 Å². The molecule has 7 heteroatoms. The van der Waals surface area contributed by atoms with Crippen molar-refractivity contribution < 1.29 is 4.42 Å². The van der Waals surface area contributed by atoms with Crippen molar-refractivity contribution >= 4 is 34.7 Å². The third kappa shape index (κ3) is 7.63. The Kier molecular flexibility index (Phi) is 7.20. The first kappa shape index (κ1) is 15.7. The van der Waals surface area contributed by atoms with Gasteiger partial charge in [0.15, 0.2) is 10.2 Å². The second-order valence-electron chi connectivity index (χ2n) is 4.45. The summed E-state index contributed by atoms with van der Waals surface area (Å²) in [4.78, 5) is 0. The van der Waals surface area contributed by atoms with E-state index in [1.165, 1.54) is 0 Å². The highest BCUT2D eigenvalue weighted by Gasteiger charge is 2.00. The van der Waals surface area contributed by atoms with E-state index in [-0.39, 0.29) is 0 Å². The van der Waals surface area contributed by atoms with Crippen LogP contribution in [0.15, 0.2) is 22.8 Å². The molecule has 1 aromatic rings. The molecule has 0 atom stereocenters. The third-order valence-electron chi connectivity index (χ3n) is 2.30. The summed E-state index contributed by atoms with van der Waals surface area (Å²) in [5.41, 5.74) is 5.63. The average molecular weight is 300 g/mol. The average Bonchev–Trinajstić information content (AvgIpc) is 2.86. The van der Waals surface area contributed by atoms with Gasteiger partial charge in [0, 0.05) is 6.54 Å². The van der Waals surface area contributed by atoms with Gasteiger partial charge in [-0.1, -0.05) is 13.8 Å². The number of hydrogen-bond acceptors (Lipinski definition) is 3. The van der Waals surface area contributed by atoms with Crippen LogP contribution in [0.1, 0.15) is 26.0 Å². The predicted molar refractivity (Wildman–Crippen MR) is 84.5 cm³/mol. The number of rotatable bonds is 5. The molecule has 0 aliphatic heterocycles. The maximum Gasteiger partial charge on any atom is 0.185 e. The summed E-state index contributed by atoms with van der Waals surface area (Å²) in [7, 11) is 0. The molecule has 1 aromatic heterocycles. The van der Waals surface area contributed by atoms with Crippen molar-refractivity contribution in [3.63, 3.8) is 0 Å². The highest BCUT2D eigenvalue weighted by atomic mass is 32.1. The highest BCUT2D eigenvalue weighted by Crippen LogP contribution is 1.98. The second kappa shape index (κ2) is 8.71. The number of thiocarbonyl (C=S) groups is 2. The largest absolute Gasteiger partial charge is 0.467 e. The van der Waals surface area contributed by atoms with Gasteiger partial charge in [-0.05, 0) is 48.9 Å². The van der Waals surface area contributed by atoms with Crippen molar-refractivity contribution in [1.82, 2.24) is 21.5 Å². The van der Waals surface area contributed by atoms with Crippen molar-refractivity contribution in [3.8, 4) is 0 Å². The van der Waals surface area contributed by atoms with Crippen molar-refractivity contribution in [2.45, 2.75) is 26.8 Å². The van der Waals surface area contributed by atoms with Crippen LogP contribution >= 0.6 is 24.4 Å². The van der Waals surface area contributed by atoms with Gasteiger partial charge in [0.25, 0.3) is 0 Å². The van der Waals surface area contributed by atoms with Crippen molar-refractivity contribution in [2.75, 3.05) is 6.54 Å². The minimum atomic E-state index is 0.462. The molecule has 106 valence electrons. The van der Waals surface area contributed by atoms with Crippen molar-refractivity contribution in [3.05, 3.63) is 24.2 Å². The lowest BCUT2D eigenvalue weighted by atomic mass is 10.1. The van der Waals surface area contributed by atoms with E-state index < -0.39 is 0 Å². The zero-order valence-corrected chi connectivity index (χ0v) is 12.8. The molecular weight excluding hydrogens is 280 g/mol. The maximum absolute atomic E-state index is 5.18. The Bertz CT molecular complexity index is 392. The van der Waals surface area contributed by atoms with E-state index in [9.17, 15) is 0 Å². The number of furan rings is 1. The second-order valence-corrected chi connectivity index (χ2v) is 5.27. The van der Waals surface area contributed by atoms with Crippen molar-refractivity contribution in [1.29, 1.82) is 0 Å². The molecule has 1 rings (SSSR count). The molecule has 0 unspecified atom stereocenters. The minimum absolute atomic E-state index is 0.462. The first-order valence-electron chi connectivity index (χ1n) is 6.18. The predicted octanol–water partition coefficient (Wildman–Crippen LogP) is 1.67. The van der Waals surface area contributed by atoms with Crippen LogP contribution in [0.2, 0.25) is 0 Å². The van der Waals surface area contributed by atoms with E-state index >= 15 is 0 Å². The Morgan fingerprint density at radius 3 is 2.47 bits per heavy atom. The molecule has 0 bridgehead atoms. The molecule has 0 aromatic carbocycles. The van der Waals surface area contributed by atoms with Gasteiger partial charge in [-0.2, -0.15) is 0 Å². The lowest BCUT2D eigenvalue weighted by Crippen LogP contribution is -2.50. The molecule has 0 aliphatic carbocycles. The van der Waals surface area contributed by atoms with Crippen LogP contribution in [0.3, 0.4) is 0 Å². The van der Waals surface area contributed by atoms with Crippen LogP contribution < -0.4 is 21.5 Å². The molecule has 1 heterocycles. The molecule has 0 saturated carbocycles. The normalized spacial score (nSPS) is 10.1. The van der Waals surface area contributed by atoms with E-state index in [0.29, 0.717) is 22.7 Å². The molecule has 0 spiro atoms. The summed E-state index contributed by atoms with van der Waals surface area (Å²) in [6, 6.07) is 3.71. The fraction of sp³-hybridized carbons (Fsp3) is 0.500. The van der Waals surface area contributed by atoms with Gasteiger partial charge >= 0.3 is 0 Å². The van der Waals surface area contributed by atoms with E-state index in [1.54, 1.807) is 6.26 Å². The number of hydrazine groups is 1. The van der Waals surface area contributed by atoms with Gasteiger partial charge in [0.1, 0.15) is 5.76 Å². The molecule has 0 radical (unpaired) electrons.